The second kappa shape index (κ2) is 6.27. The fraction of sp³-hybridized carbons (Fsp3) is 0.333. The summed E-state index contributed by atoms with van der Waals surface area (Å²) < 4.78 is 14.8. The number of hydrogen-bond donors (Lipinski definition) is 0. The van der Waals surface area contributed by atoms with Gasteiger partial charge in [-0.3, -0.25) is 4.79 Å². The van der Waals surface area contributed by atoms with Crippen molar-refractivity contribution < 1.29 is 9.18 Å². The van der Waals surface area contributed by atoms with Crippen molar-refractivity contribution in [3.8, 4) is 0 Å². The van der Waals surface area contributed by atoms with Crippen LogP contribution in [0.15, 0.2) is 36.7 Å². The Balaban J connectivity index is 1.97. The third-order valence-electron chi connectivity index (χ3n) is 2.94. The highest BCUT2D eigenvalue weighted by atomic mass is 19.1. The standard InChI is InChI=1S/C15H17FN2O/c1-2-8-18-9-7-17-15(18)11-14(19)10-12-3-5-13(16)6-4-12/h3-7,9H,2,8,10-11H2,1H3. The highest BCUT2D eigenvalue weighted by molar-refractivity contribution is 5.82. The van der Waals surface area contributed by atoms with Crippen molar-refractivity contribution in [2.24, 2.45) is 0 Å². The molecule has 100 valence electrons. The van der Waals surface area contributed by atoms with Gasteiger partial charge in [-0.2, -0.15) is 0 Å². The smallest absolute Gasteiger partial charge is 0.144 e. The predicted molar refractivity (Wildman–Crippen MR) is 71.3 cm³/mol. The molecule has 0 unspecified atom stereocenters. The summed E-state index contributed by atoms with van der Waals surface area (Å²) in [5, 5.41) is 0. The average Bonchev–Trinajstić information content (AvgIpc) is 2.80. The molecule has 0 spiro atoms. The molecular weight excluding hydrogens is 243 g/mol. The van der Waals surface area contributed by atoms with E-state index in [4.69, 9.17) is 0 Å². The number of Topliss-reactive ketones (excluding diaryl/α,β-unsaturated/α-hetero) is 1. The lowest BCUT2D eigenvalue weighted by Gasteiger charge is -2.05. The van der Waals surface area contributed by atoms with Gasteiger partial charge in [0.25, 0.3) is 0 Å². The van der Waals surface area contributed by atoms with Crippen LogP contribution in [0.1, 0.15) is 24.7 Å². The van der Waals surface area contributed by atoms with Gasteiger partial charge in [0.1, 0.15) is 17.4 Å². The molecule has 0 atom stereocenters. The van der Waals surface area contributed by atoms with Crippen LogP contribution in [0.4, 0.5) is 4.39 Å². The molecule has 2 rings (SSSR count). The number of nitrogens with zero attached hydrogens (tertiary/aromatic N) is 2. The monoisotopic (exact) mass is 260 g/mol. The molecule has 0 saturated carbocycles. The van der Waals surface area contributed by atoms with Crippen LogP contribution >= 0.6 is 0 Å². The summed E-state index contributed by atoms with van der Waals surface area (Å²) >= 11 is 0. The number of benzene rings is 1. The fourth-order valence-electron chi connectivity index (χ4n) is 2.02. The molecule has 0 bridgehead atoms. The van der Waals surface area contributed by atoms with E-state index < -0.39 is 0 Å². The minimum absolute atomic E-state index is 0.0927. The van der Waals surface area contributed by atoms with Gasteiger partial charge in [0, 0.05) is 25.4 Å². The van der Waals surface area contributed by atoms with E-state index in [-0.39, 0.29) is 11.6 Å². The first-order chi connectivity index (χ1) is 9.19. The molecule has 0 radical (unpaired) electrons. The van der Waals surface area contributed by atoms with Crippen molar-refractivity contribution in [1.29, 1.82) is 0 Å². The van der Waals surface area contributed by atoms with Gasteiger partial charge in [-0.15, -0.1) is 0 Å². The van der Waals surface area contributed by atoms with E-state index in [0.717, 1.165) is 24.4 Å². The zero-order valence-corrected chi connectivity index (χ0v) is 11.0. The van der Waals surface area contributed by atoms with Crippen molar-refractivity contribution in [2.75, 3.05) is 0 Å². The number of aryl methyl sites for hydroxylation is 1. The molecule has 1 heterocycles. The number of hydrogen-bond acceptors (Lipinski definition) is 2. The summed E-state index contributed by atoms with van der Waals surface area (Å²) in [4.78, 5) is 16.2. The maximum atomic E-state index is 12.8. The van der Waals surface area contributed by atoms with Gasteiger partial charge in [0.2, 0.25) is 0 Å². The maximum Gasteiger partial charge on any atom is 0.144 e. The molecule has 0 saturated heterocycles. The van der Waals surface area contributed by atoms with E-state index in [1.165, 1.54) is 12.1 Å². The van der Waals surface area contributed by atoms with Crippen LogP contribution in [0, 0.1) is 5.82 Å². The number of rotatable bonds is 6. The summed E-state index contributed by atoms with van der Waals surface area (Å²) in [5.41, 5.74) is 0.833. The summed E-state index contributed by atoms with van der Waals surface area (Å²) in [6.45, 7) is 2.96. The highest BCUT2D eigenvalue weighted by Crippen LogP contribution is 2.07. The molecule has 4 heteroatoms. The lowest BCUT2D eigenvalue weighted by molar-refractivity contribution is -0.117. The first kappa shape index (κ1) is 13.5. The molecule has 0 N–H and O–H groups in total. The van der Waals surface area contributed by atoms with E-state index in [1.807, 2.05) is 10.8 Å². The molecule has 3 nitrogen and oxygen atoms in total. The van der Waals surface area contributed by atoms with Gasteiger partial charge < -0.3 is 4.57 Å². The van der Waals surface area contributed by atoms with Crippen LogP contribution < -0.4 is 0 Å². The molecule has 0 aliphatic heterocycles. The van der Waals surface area contributed by atoms with Crippen LogP contribution in [-0.2, 0) is 24.2 Å². The van der Waals surface area contributed by atoms with Gasteiger partial charge in [-0.25, -0.2) is 9.37 Å². The highest BCUT2D eigenvalue weighted by Gasteiger charge is 2.09. The van der Waals surface area contributed by atoms with E-state index in [2.05, 4.69) is 11.9 Å². The number of halogens is 1. The van der Waals surface area contributed by atoms with Crippen molar-refractivity contribution in [3.05, 3.63) is 53.9 Å². The van der Waals surface area contributed by atoms with E-state index in [0.29, 0.717) is 12.8 Å². The fourth-order valence-corrected chi connectivity index (χ4v) is 2.02. The molecule has 2 aromatic rings. The second-order valence-electron chi connectivity index (χ2n) is 4.56. The minimum Gasteiger partial charge on any atom is -0.335 e. The number of carbonyl (C=O) groups is 1. The van der Waals surface area contributed by atoms with E-state index in [9.17, 15) is 9.18 Å². The minimum atomic E-state index is -0.283. The molecule has 0 aliphatic carbocycles. The molecule has 1 aromatic heterocycles. The second-order valence-corrected chi connectivity index (χ2v) is 4.56. The molecule has 0 fully saturated rings. The molecule has 19 heavy (non-hydrogen) atoms. The number of imidazole rings is 1. The van der Waals surface area contributed by atoms with Gasteiger partial charge in [0.15, 0.2) is 0 Å². The van der Waals surface area contributed by atoms with Crippen LogP contribution in [0.3, 0.4) is 0 Å². The van der Waals surface area contributed by atoms with Crippen molar-refractivity contribution in [2.45, 2.75) is 32.7 Å². The van der Waals surface area contributed by atoms with E-state index in [1.54, 1.807) is 18.3 Å². The Morgan fingerprint density at radius 3 is 2.68 bits per heavy atom. The third-order valence-corrected chi connectivity index (χ3v) is 2.94. The molecule has 0 amide bonds. The average molecular weight is 260 g/mol. The van der Waals surface area contributed by atoms with Crippen LogP contribution in [-0.4, -0.2) is 15.3 Å². The summed E-state index contributed by atoms with van der Waals surface area (Å²) in [6, 6.07) is 6.04. The van der Waals surface area contributed by atoms with Crippen molar-refractivity contribution >= 4 is 5.78 Å². The van der Waals surface area contributed by atoms with Gasteiger partial charge in [-0.1, -0.05) is 19.1 Å². The Bertz CT molecular complexity index is 546. The predicted octanol–water partition coefficient (Wildman–Crippen LogP) is 2.79. The van der Waals surface area contributed by atoms with Crippen molar-refractivity contribution in [3.63, 3.8) is 0 Å². The number of ketones is 1. The normalized spacial score (nSPS) is 10.6. The topological polar surface area (TPSA) is 34.9 Å². The maximum absolute atomic E-state index is 12.8. The summed E-state index contributed by atoms with van der Waals surface area (Å²) in [7, 11) is 0. The van der Waals surface area contributed by atoms with Crippen LogP contribution in [0.2, 0.25) is 0 Å². The largest absolute Gasteiger partial charge is 0.335 e. The Hall–Kier alpha value is -1.97. The number of carbonyl (C=O) groups excluding carboxylic acids is 1. The van der Waals surface area contributed by atoms with Crippen LogP contribution in [0.5, 0.6) is 0 Å². The first-order valence-electron chi connectivity index (χ1n) is 6.45. The van der Waals surface area contributed by atoms with Gasteiger partial charge in [0.05, 0.1) is 6.42 Å². The van der Waals surface area contributed by atoms with E-state index >= 15 is 0 Å². The lowest BCUT2D eigenvalue weighted by atomic mass is 10.1. The van der Waals surface area contributed by atoms with Gasteiger partial charge in [-0.05, 0) is 24.1 Å². The Kier molecular flexibility index (Phi) is 4.44. The van der Waals surface area contributed by atoms with Gasteiger partial charge >= 0.3 is 0 Å². The number of aromatic nitrogens is 2. The summed E-state index contributed by atoms with van der Waals surface area (Å²) in [6.07, 6.45) is 5.26. The summed E-state index contributed by atoms with van der Waals surface area (Å²) in [5.74, 6) is 0.610. The quantitative estimate of drug-likeness (QED) is 0.800. The van der Waals surface area contributed by atoms with Crippen molar-refractivity contribution in [1.82, 2.24) is 9.55 Å². The molecule has 1 aromatic carbocycles. The molecule has 0 aliphatic rings. The Morgan fingerprint density at radius 2 is 2.00 bits per heavy atom. The zero-order chi connectivity index (χ0) is 13.7. The van der Waals surface area contributed by atoms with Crippen LogP contribution in [0.25, 0.3) is 0 Å². The first-order valence-corrected chi connectivity index (χ1v) is 6.45. The molecular formula is C15H17FN2O. The SMILES string of the molecule is CCCn1ccnc1CC(=O)Cc1ccc(F)cc1. The third kappa shape index (κ3) is 3.74. The Morgan fingerprint density at radius 1 is 1.26 bits per heavy atom. The zero-order valence-electron chi connectivity index (χ0n) is 11.0. The lowest BCUT2D eigenvalue weighted by Crippen LogP contribution is -2.12. The Labute approximate surface area is 112 Å².